The van der Waals surface area contributed by atoms with E-state index in [-0.39, 0.29) is 18.0 Å². The highest BCUT2D eigenvalue weighted by Gasteiger charge is 2.22. The van der Waals surface area contributed by atoms with Crippen molar-refractivity contribution in [3.63, 3.8) is 0 Å². The maximum Gasteiger partial charge on any atom is 0.267 e. The van der Waals surface area contributed by atoms with Crippen LogP contribution >= 0.6 is 0 Å². The lowest BCUT2D eigenvalue weighted by Crippen LogP contribution is -2.50. The molecule has 2 heterocycles. The zero-order valence-electron chi connectivity index (χ0n) is 19.6. The molecule has 3 aromatic rings. The van der Waals surface area contributed by atoms with Crippen molar-refractivity contribution in [3.8, 4) is 22.8 Å². The fourth-order valence-electron chi connectivity index (χ4n) is 4.10. The summed E-state index contributed by atoms with van der Waals surface area (Å²) in [4.78, 5) is 29.6. The predicted octanol–water partition coefficient (Wildman–Crippen LogP) is 2.31. The van der Waals surface area contributed by atoms with E-state index in [9.17, 15) is 9.59 Å². The van der Waals surface area contributed by atoms with E-state index in [1.165, 1.54) is 16.3 Å². The Bertz CT molecular complexity index is 1170. The van der Waals surface area contributed by atoms with Crippen LogP contribution in [0.1, 0.15) is 5.56 Å². The Morgan fingerprint density at radius 3 is 2.41 bits per heavy atom. The summed E-state index contributed by atoms with van der Waals surface area (Å²) in [7, 11) is 3.16. The van der Waals surface area contributed by atoms with Gasteiger partial charge in [-0.1, -0.05) is 30.3 Å². The molecule has 0 unspecified atom stereocenters. The first kappa shape index (κ1) is 23.5. The Hall–Kier alpha value is -3.65. The second-order valence-electron chi connectivity index (χ2n) is 8.24. The lowest BCUT2D eigenvalue weighted by atomic mass is 10.1. The predicted molar refractivity (Wildman–Crippen MR) is 130 cm³/mol. The summed E-state index contributed by atoms with van der Waals surface area (Å²) in [6.45, 7) is 3.81. The fourth-order valence-corrected chi connectivity index (χ4v) is 4.10. The van der Waals surface area contributed by atoms with E-state index in [0.717, 1.165) is 26.1 Å². The van der Waals surface area contributed by atoms with Crippen molar-refractivity contribution in [1.29, 1.82) is 0 Å². The summed E-state index contributed by atoms with van der Waals surface area (Å²) >= 11 is 0. The number of ether oxygens (including phenoxy) is 2. The summed E-state index contributed by atoms with van der Waals surface area (Å²) in [6, 6.07) is 18.8. The van der Waals surface area contributed by atoms with E-state index >= 15 is 0 Å². The average molecular weight is 463 g/mol. The number of amides is 1. The van der Waals surface area contributed by atoms with Crippen LogP contribution in [0.15, 0.2) is 65.5 Å². The number of methoxy groups -OCH3 is 2. The number of benzene rings is 2. The molecule has 178 valence electrons. The second kappa shape index (κ2) is 11.0. The van der Waals surface area contributed by atoms with E-state index < -0.39 is 0 Å². The van der Waals surface area contributed by atoms with E-state index in [1.807, 2.05) is 11.0 Å². The maximum atomic E-state index is 12.9. The minimum atomic E-state index is -0.319. The molecular weight excluding hydrogens is 432 g/mol. The molecule has 0 radical (unpaired) electrons. The first-order valence-corrected chi connectivity index (χ1v) is 11.4. The summed E-state index contributed by atoms with van der Waals surface area (Å²) in [5.41, 5.74) is 2.23. The van der Waals surface area contributed by atoms with Crippen LogP contribution < -0.4 is 15.0 Å². The van der Waals surface area contributed by atoms with Crippen molar-refractivity contribution in [1.82, 2.24) is 19.6 Å². The van der Waals surface area contributed by atoms with E-state index in [4.69, 9.17) is 9.47 Å². The number of carbonyl (C=O) groups is 1. The van der Waals surface area contributed by atoms with Crippen molar-refractivity contribution < 1.29 is 14.3 Å². The monoisotopic (exact) mass is 462 g/mol. The molecule has 2 aromatic carbocycles. The first-order chi connectivity index (χ1) is 16.6. The van der Waals surface area contributed by atoms with Crippen LogP contribution in [0.5, 0.6) is 11.5 Å². The molecule has 1 saturated heterocycles. The zero-order chi connectivity index (χ0) is 23.9. The van der Waals surface area contributed by atoms with E-state index in [0.29, 0.717) is 35.8 Å². The molecule has 4 rings (SSSR count). The van der Waals surface area contributed by atoms with Crippen LogP contribution in [-0.2, 0) is 17.8 Å². The Balaban J connectivity index is 1.39. The highest BCUT2D eigenvalue weighted by molar-refractivity contribution is 5.76. The van der Waals surface area contributed by atoms with Crippen LogP contribution in [0.3, 0.4) is 0 Å². The summed E-state index contributed by atoms with van der Waals surface area (Å²) in [5.74, 6) is 1.15. The first-order valence-electron chi connectivity index (χ1n) is 11.4. The summed E-state index contributed by atoms with van der Waals surface area (Å²) in [6.07, 6.45) is 0.995. The lowest BCUT2D eigenvalue weighted by Gasteiger charge is -2.34. The van der Waals surface area contributed by atoms with E-state index in [1.54, 1.807) is 38.5 Å². The Morgan fingerprint density at radius 2 is 1.71 bits per heavy atom. The van der Waals surface area contributed by atoms with Gasteiger partial charge in [0.1, 0.15) is 18.0 Å². The Labute approximate surface area is 199 Å². The van der Waals surface area contributed by atoms with Gasteiger partial charge in [0.2, 0.25) is 5.91 Å². The molecule has 1 aromatic heterocycles. The molecule has 0 saturated carbocycles. The van der Waals surface area contributed by atoms with Gasteiger partial charge in [0.25, 0.3) is 5.56 Å². The Morgan fingerprint density at radius 1 is 0.941 bits per heavy atom. The van der Waals surface area contributed by atoms with Gasteiger partial charge in [-0.2, -0.15) is 5.10 Å². The molecular formula is C26H30N4O4. The van der Waals surface area contributed by atoms with Crippen LogP contribution in [-0.4, -0.2) is 72.4 Å². The highest BCUT2D eigenvalue weighted by atomic mass is 16.5. The van der Waals surface area contributed by atoms with Gasteiger partial charge in [-0.3, -0.25) is 14.5 Å². The molecule has 34 heavy (non-hydrogen) atoms. The largest absolute Gasteiger partial charge is 0.497 e. The van der Waals surface area contributed by atoms with Gasteiger partial charge < -0.3 is 14.4 Å². The number of hydrogen-bond donors (Lipinski definition) is 0. The molecule has 8 nitrogen and oxygen atoms in total. The lowest BCUT2D eigenvalue weighted by molar-refractivity contribution is -0.133. The molecule has 8 heteroatoms. The van der Waals surface area contributed by atoms with Gasteiger partial charge in [0, 0.05) is 44.4 Å². The van der Waals surface area contributed by atoms with Crippen molar-refractivity contribution >= 4 is 5.91 Å². The fraction of sp³-hybridized carbons (Fsp3) is 0.346. The van der Waals surface area contributed by atoms with Crippen molar-refractivity contribution in [2.75, 3.05) is 46.9 Å². The quantitative estimate of drug-likeness (QED) is 0.511. The number of aromatic nitrogens is 2. The van der Waals surface area contributed by atoms with Gasteiger partial charge in [-0.05, 0) is 36.2 Å². The number of hydrogen-bond acceptors (Lipinski definition) is 6. The smallest absolute Gasteiger partial charge is 0.267 e. The number of rotatable bonds is 8. The average Bonchev–Trinajstić information content (AvgIpc) is 2.89. The molecule has 0 atom stereocenters. The van der Waals surface area contributed by atoms with Crippen molar-refractivity contribution in [3.05, 3.63) is 76.6 Å². The SMILES string of the molecule is COc1ccc(OC)c(-c2ccc(=O)n(CC(=O)N3CCN(CCc4ccccc4)CC3)n2)c1. The molecule has 1 amide bonds. The van der Waals surface area contributed by atoms with E-state index in [2.05, 4.69) is 34.3 Å². The third kappa shape index (κ3) is 5.63. The van der Waals surface area contributed by atoms with Crippen molar-refractivity contribution in [2.24, 2.45) is 0 Å². The topological polar surface area (TPSA) is 76.9 Å². The highest BCUT2D eigenvalue weighted by Crippen LogP contribution is 2.31. The molecule has 0 aliphatic carbocycles. The number of nitrogens with zero attached hydrogens (tertiary/aromatic N) is 4. The maximum absolute atomic E-state index is 12.9. The number of piperazine rings is 1. The van der Waals surface area contributed by atoms with Crippen LogP contribution in [0.25, 0.3) is 11.3 Å². The molecule has 1 aliphatic rings. The third-order valence-corrected chi connectivity index (χ3v) is 6.12. The minimum absolute atomic E-state index is 0.0943. The third-order valence-electron chi connectivity index (χ3n) is 6.12. The van der Waals surface area contributed by atoms with Gasteiger partial charge in [0.15, 0.2) is 0 Å². The standard InChI is InChI=1S/C26H30N4O4/c1-33-21-8-10-24(34-2)22(18-21)23-9-11-25(31)30(27-23)19-26(32)29-16-14-28(15-17-29)13-12-20-6-4-3-5-7-20/h3-11,18H,12-17,19H2,1-2H3. The summed E-state index contributed by atoms with van der Waals surface area (Å²) < 4.78 is 12.0. The second-order valence-corrected chi connectivity index (χ2v) is 8.24. The molecule has 0 N–H and O–H groups in total. The molecule has 0 bridgehead atoms. The van der Waals surface area contributed by atoms with Crippen LogP contribution in [0, 0.1) is 0 Å². The zero-order valence-corrected chi connectivity index (χ0v) is 19.6. The number of carbonyl (C=O) groups excluding carboxylic acids is 1. The van der Waals surface area contributed by atoms with Gasteiger partial charge in [-0.15, -0.1) is 0 Å². The molecule has 1 aliphatic heterocycles. The summed E-state index contributed by atoms with van der Waals surface area (Å²) in [5, 5.41) is 4.45. The Kier molecular flexibility index (Phi) is 7.59. The minimum Gasteiger partial charge on any atom is -0.497 e. The van der Waals surface area contributed by atoms with Crippen LogP contribution in [0.4, 0.5) is 0 Å². The van der Waals surface area contributed by atoms with Gasteiger partial charge in [0.05, 0.1) is 19.9 Å². The molecule has 0 spiro atoms. The molecule has 1 fully saturated rings. The van der Waals surface area contributed by atoms with Crippen LogP contribution in [0.2, 0.25) is 0 Å². The van der Waals surface area contributed by atoms with Gasteiger partial charge >= 0.3 is 0 Å². The normalized spacial score (nSPS) is 14.1. The van der Waals surface area contributed by atoms with Crippen molar-refractivity contribution in [2.45, 2.75) is 13.0 Å². The van der Waals surface area contributed by atoms with Gasteiger partial charge in [-0.25, -0.2) is 4.68 Å².